The first-order valence-corrected chi connectivity index (χ1v) is 14.8. The average molecular weight is 551 g/mol. The second-order valence-electron chi connectivity index (χ2n) is 9.52. The summed E-state index contributed by atoms with van der Waals surface area (Å²) in [5.74, 6) is -0.665. The minimum Gasteiger partial charge on any atom is -0.358 e. The Balaban J connectivity index is 1.85. The van der Waals surface area contributed by atoms with Gasteiger partial charge in [0.2, 0.25) is 5.88 Å². The molecule has 4 rings (SSSR count). The molecule has 2 aromatic carbocycles. The molecule has 0 spiro atoms. The van der Waals surface area contributed by atoms with E-state index in [0.717, 1.165) is 0 Å². The largest absolute Gasteiger partial charge is 0.358 e. The van der Waals surface area contributed by atoms with E-state index < -0.39 is 31.2 Å². The molecule has 0 radical (unpaired) electrons. The number of benzene rings is 2. The molecule has 3 aromatic rings. The molecule has 8 nitrogen and oxygen atoms in total. The van der Waals surface area contributed by atoms with E-state index in [-0.39, 0.29) is 39.1 Å². The Morgan fingerprint density at radius 2 is 1.81 bits per heavy atom. The molecule has 0 saturated carbocycles. The van der Waals surface area contributed by atoms with Crippen LogP contribution in [0, 0.1) is 13.8 Å². The van der Waals surface area contributed by atoms with Crippen molar-refractivity contribution < 1.29 is 25.8 Å². The number of ketones is 1. The smallest absolute Gasteiger partial charge is 0.340 e. The number of carbonyl (C=O) groups is 1. The zero-order valence-corrected chi connectivity index (χ0v) is 23.0. The van der Waals surface area contributed by atoms with Crippen LogP contribution in [-0.4, -0.2) is 38.2 Å². The van der Waals surface area contributed by atoms with E-state index >= 15 is 0 Å². The molecule has 0 saturated heterocycles. The molecule has 11 heteroatoms. The summed E-state index contributed by atoms with van der Waals surface area (Å²) in [6.45, 7) is 9.32. The van der Waals surface area contributed by atoms with Gasteiger partial charge in [0.15, 0.2) is 15.6 Å². The van der Waals surface area contributed by atoms with Crippen molar-refractivity contribution >= 4 is 37.3 Å². The Kier molecular flexibility index (Phi) is 6.60. The van der Waals surface area contributed by atoms with Gasteiger partial charge < -0.3 is 4.18 Å². The van der Waals surface area contributed by atoms with Crippen LogP contribution in [-0.2, 0) is 31.9 Å². The number of aromatic nitrogens is 2. The van der Waals surface area contributed by atoms with E-state index in [2.05, 4.69) is 5.10 Å². The van der Waals surface area contributed by atoms with Gasteiger partial charge in [-0.3, -0.25) is 4.79 Å². The molecule has 36 heavy (non-hydrogen) atoms. The molecule has 1 aromatic heterocycles. The fourth-order valence-electron chi connectivity index (χ4n) is 4.70. The van der Waals surface area contributed by atoms with Gasteiger partial charge in [-0.25, -0.2) is 13.1 Å². The third-order valence-electron chi connectivity index (χ3n) is 6.58. The zero-order valence-electron chi connectivity index (χ0n) is 20.6. The SMILES string of the molecule is CCn1ncc(C(=O)c2cc(C)c3c(c2C)C(C)(C)CCS3(=O)=O)c1OS(=O)(=O)c1ccc(Cl)cc1. The van der Waals surface area contributed by atoms with Crippen LogP contribution in [0.1, 0.15) is 59.8 Å². The van der Waals surface area contributed by atoms with Crippen molar-refractivity contribution in [3.05, 3.63) is 69.4 Å². The topological polar surface area (TPSA) is 112 Å². The predicted molar refractivity (Wildman–Crippen MR) is 136 cm³/mol. The van der Waals surface area contributed by atoms with Crippen LogP contribution in [0.4, 0.5) is 0 Å². The molecule has 0 unspecified atom stereocenters. The van der Waals surface area contributed by atoms with E-state index in [1.165, 1.54) is 35.1 Å². The van der Waals surface area contributed by atoms with E-state index in [9.17, 15) is 21.6 Å². The Morgan fingerprint density at radius 1 is 1.17 bits per heavy atom. The van der Waals surface area contributed by atoms with Gasteiger partial charge in [0.1, 0.15) is 10.5 Å². The first-order valence-electron chi connectivity index (χ1n) is 11.4. The number of sulfone groups is 1. The Morgan fingerprint density at radius 3 is 2.42 bits per heavy atom. The zero-order chi connectivity index (χ0) is 26.6. The highest BCUT2D eigenvalue weighted by molar-refractivity contribution is 7.91. The summed E-state index contributed by atoms with van der Waals surface area (Å²) in [6.07, 6.45) is 1.70. The first kappa shape index (κ1) is 26.4. The average Bonchev–Trinajstić information content (AvgIpc) is 3.19. The fraction of sp³-hybridized carbons (Fsp3) is 0.360. The molecule has 0 fully saturated rings. The van der Waals surface area contributed by atoms with Crippen LogP contribution in [0.3, 0.4) is 0 Å². The van der Waals surface area contributed by atoms with Gasteiger partial charge >= 0.3 is 10.1 Å². The fourth-order valence-corrected chi connectivity index (χ4v) is 8.05. The third kappa shape index (κ3) is 4.46. The van der Waals surface area contributed by atoms with E-state index in [1.54, 1.807) is 26.8 Å². The minimum atomic E-state index is -4.29. The Labute approximate surface area is 216 Å². The molecule has 1 aliphatic rings. The lowest BCUT2D eigenvalue weighted by molar-refractivity contribution is 0.103. The van der Waals surface area contributed by atoms with Crippen molar-refractivity contribution in [3.8, 4) is 5.88 Å². The highest BCUT2D eigenvalue weighted by Crippen LogP contribution is 2.43. The lowest BCUT2D eigenvalue weighted by Crippen LogP contribution is -2.33. The number of nitrogens with zero attached hydrogens (tertiary/aromatic N) is 2. The van der Waals surface area contributed by atoms with Crippen molar-refractivity contribution in [1.82, 2.24) is 9.78 Å². The summed E-state index contributed by atoms with van der Waals surface area (Å²) >= 11 is 5.87. The molecule has 192 valence electrons. The van der Waals surface area contributed by atoms with Crippen molar-refractivity contribution in [2.24, 2.45) is 0 Å². The second kappa shape index (κ2) is 9.00. The summed E-state index contributed by atoms with van der Waals surface area (Å²) in [4.78, 5) is 14.0. The highest BCUT2D eigenvalue weighted by atomic mass is 35.5. The van der Waals surface area contributed by atoms with Crippen molar-refractivity contribution in [2.45, 2.75) is 62.8 Å². The van der Waals surface area contributed by atoms with E-state index in [4.69, 9.17) is 15.8 Å². The number of fused-ring (bicyclic) bond motifs is 1. The lowest BCUT2D eigenvalue weighted by Gasteiger charge is -2.35. The van der Waals surface area contributed by atoms with Gasteiger partial charge in [0.25, 0.3) is 0 Å². The maximum Gasteiger partial charge on any atom is 0.340 e. The van der Waals surface area contributed by atoms with Crippen LogP contribution in [0.25, 0.3) is 0 Å². The predicted octanol–water partition coefficient (Wildman–Crippen LogP) is 4.63. The van der Waals surface area contributed by atoms with Crippen molar-refractivity contribution in [2.75, 3.05) is 5.75 Å². The number of aryl methyl sites for hydroxylation is 2. The molecule has 0 amide bonds. The first-order chi connectivity index (χ1) is 16.7. The summed E-state index contributed by atoms with van der Waals surface area (Å²) in [7, 11) is -7.77. The van der Waals surface area contributed by atoms with Crippen molar-refractivity contribution in [1.29, 1.82) is 0 Å². The summed E-state index contributed by atoms with van der Waals surface area (Å²) in [5.41, 5.74) is 1.43. The molecule has 2 heterocycles. The minimum absolute atomic E-state index is 0.0340. The van der Waals surface area contributed by atoms with Gasteiger partial charge in [0, 0.05) is 17.1 Å². The molecule has 0 aliphatic carbocycles. The van der Waals surface area contributed by atoms with Crippen LogP contribution in [0.15, 0.2) is 46.3 Å². The van der Waals surface area contributed by atoms with E-state index in [0.29, 0.717) is 28.1 Å². The number of hydrogen-bond acceptors (Lipinski definition) is 7. The molecule has 0 atom stereocenters. The maximum atomic E-state index is 13.8. The van der Waals surface area contributed by atoms with Gasteiger partial charge in [0.05, 0.1) is 16.8 Å². The lowest BCUT2D eigenvalue weighted by atomic mass is 9.77. The Bertz CT molecular complexity index is 1590. The maximum absolute atomic E-state index is 13.8. The van der Waals surface area contributed by atoms with Gasteiger partial charge in [-0.1, -0.05) is 25.4 Å². The van der Waals surface area contributed by atoms with Crippen LogP contribution in [0.5, 0.6) is 5.88 Å². The number of halogens is 1. The van der Waals surface area contributed by atoms with Crippen molar-refractivity contribution in [3.63, 3.8) is 0 Å². The van der Waals surface area contributed by atoms with Crippen LogP contribution >= 0.6 is 11.6 Å². The van der Waals surface area contributed by atoms with Crippen LogP contribution < -0.4 is 4.18 Å². The third-order valence-corrected chi connectivity index (χ3v) is 9.95. The molecule has 0 bridgehead atoms. The normalized spacial score (nSPS) is 16.4. The van der Waals surface area contributed by atoms with Gasteiger partial charge in [-0.15, -0.1) is 0 Å². The summed E-state index contributed by atoms with van der Waals surface area (Å²) in [6, 6.07) is 7.03. The monoisotopic (exact) mass is 550 g/mol. The second-order valence-corrected chi connectivity index (χ2v) is 13.6. The number of hydrogen-bond donors (Lipinski definition) is 0. The quantitative estimate of drug-likeness (QED) is 0.325. The van der Waals surface area contributed by atoms with Gasteiger partial charge in [-0.2, -0.15) is 13.5 Å². The number of rotatable bonds is 6. The highest BCUT2D eigenvalue weighted by Gasteiger charge is 2.39. The number of carbonyl (C=O) groups excluding carboxylic acids is 1. The molecule has 0 N–H and O–H groups in total. The molecule has 1 aliphatic heterocycles. The van der Waals surface area contributed by atoms with E-state index in [1.807, 2.05) is 13.8 Å². The summed E-state index contributed by atoms with van der Waals surface area (Å²) in [5, 5.41) is 4.52. The summed E-state index contributed by atoms with van der Waals surface area (Å²) < 4.78 is 58.5. The molecular formula is C25H27ClN2O6S2. The van der Waals surface area contributed by atoms with Crippen LogP contribution in [0.2, 0.25) is 5.02 Å². The molecular weight excluding hydrogens is 524 g/mol. The van der Waals surface area contributed by atoms with Gasteiger partial charge in [-0.05, 0) is 79.6 Å². The Hall–Kier alpha value is -2.69. The standard InChI is InChI=1S/C25H27ClN2O6S2/c1-6-28-24(34-36(32,33)18-9-7-17(26)8-10-18)20(14-27-28)22(29)19-13-15(2)23-21(16(19)3)25(4,5)11-12-35(23,30)31/h7-10,13-14H,6,11-12H2,1-5H3.